The molecule has 182 valence electrons. The average molecular weight is 482 g/mol. The number of nitrogens with zero attached hydrogens (tertiary/aromatic N) is 2. The first-order chi connectivity index (χ1) is 16.3. The van der Waals surface area contributed by atoms with Crippen LogP contribution in [-0.4, -0.2) is 36.7 Å². The second kappa shape index (κ2) is 10.2. The molecular weight excluding hydrogens is 446 g/mol. The number of amides is 2. The number of unbranched alkanes of at least 4 members (excludes halogenated alkanes) is 5. The number of aryl methyl sites for hydroxylation is 1. The van der Waals surface area contributed by atoms with Crippen molar-refractivity contribution in [3.63, 3.8) is 0 Å². The summed E-state index contributed by atoms with van der Waals surface area (Å²) in [7, 11) is -3.23. The van der Waals surface area contributed by atoms with Crippen LogP contribution in [0.3, 0.4) is 0 Å². The Bertz CT molecular complexity index is 1280. The van der Waals surface area contributed by atoms with Gasteiger partial charge in [-0.1, -0.05) is 57.2 Å². The molecule has 1 aromatic heterocycles. The zero-order valence-electron chi connectivity index (χ0n) is 20.2. The standard InChI is InChI=1S/C27H35N3O3S/c1-3-4-5-6-7-8-16-30-25-14-11-21(20-9-12-22(13-10-20)34(2,32)33)18-23(25)24-19-29(27(28)31)17-15-26(24)30/h9-14,18H,3-8,15-17,19H2,1-2H3,(H2,28,31). The molecular formula is C27H35N3O3S. The minimum absolute atomic E-state index is 0.317. The molecule has 4 rings (SSSR count). The topological polar surface area (TPSA) is 85.4 Å². The summed E-state index contributed by atoms with van der Waals surface area (Å²) in [6.07, 6.45) is 9.54. The number of benzene rings is 2. The molecule has 0 saturated carbocycles. The van der Waals surface area contributed by atoms with Gasteiger partial charge in [-0.3, -0.25) is 0 Å². The largest absolute Gasteiger partial charge is 0.351 e. The lowest BCUT2D eigenvalue weighted by Gasteiger charge is -2.26. The molecule has 2 N–H and O–H groups in total. The van der Waals surface area contributed by atoms with E-state index < -0.39 is 9.84 Å². The quantitative estimate of drug-likeness (QED) is 0.409. The van der Waals surface area contributed by atoms with Gasteiger partial charge in [0.15, 0.2) is 9.84 Å². The van der Waals surface area contributed by atoms with Crippen molar-refractivity contribution < 1.29 is 13.2 Å². The Labute approximate surface area is 202 Å². The normalized spacial score (nSPS) is 13.9. The molecule has 1 aliphatic heterocycles. The number of carbonyl (C=O) groups excluding carboxylic acids is 1. The molecule has 3 aromatic rings. The third-order valence-corrected chi connectivity index (χ3v) is 8.05. The Morgan fingerprint density at radius 2 is 1.65 bits per heavy atom. The molecule has 0 atom stereocenters. The molecule has 0 spiro atoms. The maximum absolute atomic E-state index is 11.9. The Morgan fingerprint density at radius 1 is 0.971 bits per heavy atom. The van der Waals surface area contributed by atoms with Crippen molar-refractivity contribution in [2.45, 2.75) is 69.9 Å². The first-order valence-electron chi connectivity index (χ1n) is 12.3. The predicted molar refractivity (Wildman–Crippen MR) is 138 cm³/mol. The number of aromatic nitrogens is 1. The fraction of sp³-hybridized carbons (Fsp3) is 0.444. The maximum Gasteiger partial charge on any atom is 0.315 e. The molecule has 6 nitrogen and oxygen atoms in total. The molecule has 0 aliphatic carbocycles. The van der Waals surface area contributed by atoms with Gasteiger partial charge in [0.2, 0.25) is 0 Å². The number of primary amides is 1. The Morgan fingerprint density at radius 3 is 2.32 bits per heavy atom. The minimum atomic E-state index is -3.23. The molecule has 2 amide bonds. The van der Waals surface area contributed by atoms with E-state index in [2.05, 4.69) is 29.7 Å². The third-order valence-electron chi connectivity index (χ3n) is 6.92. The summed E-state index contributed by atoms with van der Waals surface area (Å²) in [6.45, 7) is 4.40. The van der Waals surface area contributed by atoms with Crippen molar-refractivity contribution in [1.82, 2.24) is 9.47 Å². The van der Waals surface area contributed by atoms with Gasteiger partial charge in [-0.25, -0.2) is 13.2 Å². The number of fused-ring (bicyclic) bond motifs is 3. The fourth-order valence-corrected chi connectivity index (χ4v) is 5.65. The number of rotatable bonds is 9. The molecule has 0 radical (unpaired) electrons. The van der Waals surface area contributed by atoms with Crippen molar-refractivity contribution in [3.05, 3.63) is 53.7 Å². The van der Waals surface area contributed by atoms with Gasteiger partial charge in [0.25, 0.3) is 0 Å². The summed E-state index contributed by atoms with van der Waals surface area (Å²) in [4.78, 5) is 13.9. The monoisotopic (exact) mass is 481 g/mol. The van der Waals surface area contributed by atoms with E-state index in [-0.39, 0.29) is 6.03 Å². The van der Waals surface area contributed by atoms with E-state index in [1.807, 2.05) is 12.1 Å². The zero-order valence-corrected chi connectivity index (χ0v) is 21.0. The summed E-state index contributed by atoms with van der Waals surface area (Å²) in [5.41, 5.74) is 11.3. The van der Waals surface area contributed by atoms with Crippen LogP contribution in [0.15, 0.2) is 47.4 Å². The van der Waals surface area contributed by atoms with Crippen LogP contribution < -0.4 is 5.73 Å². The van der Waals surface area contributed by atoms with Crippen molar-refractivity contribution in [2.24, 2.45) is 5.73 Å². The van der Waals surface area contributed by atoms with Crippen LogP contribution in [0.2, 0.25) is 0 Å². The summed E-state index contributed by atoms with van der Waals surface area (Å²) in [5, 5.41) is 1.15. The van der Waals surface area contributed by atoms with Gasteiger partial charge in [-0.05, 0) is 41.8 Å². The second-order valence-corrected chi connectivity index (χ2v) is 11.4. The van der Waals surface area contributed by atoms with Gasteiger partial charge in [-0.15, -0.1) is 0 Å². The number of carbonyl (C=O) groups is 1. The summed E-state index contributed by atoms with van der Waals surface area (Å²) < 4.78 is 26.1. The molecule has 1 aliphatic rings. The van der Waals surface area contributed by atoms with Crippen molar-refractivity contribution in [2.75, 3.05) is 12.8 Å². The van der Waals surface area contributed by atoms with E-state index in [9.17, 15) is 13.2 Å². The number of hydrogen-bond acceptors (Lipinski definition) is 3. The van der Waals surface area contributed by atoms with E-state index in [0.29, 0.717) is 18.0 Å². The highest BCUT2D eigenvalue weighted by Crippen LogP contribution is 2.34. The lowest BCUT2D eigenvalue weighted by Crippen LogP contribution is -2.39. The molecule has 0 fully saturated rings. The molecule has 0 unspecified atom stereocenters. The molecule has 0 saturated heterocycles. The van der Waals surface area contributed by atoms with Crippen LogP contribution in [-0.2, 0) is 29.3 Å². The van der Waals surface area contributed by atoms with E-state index in [1.54, 1.807) is 17.0 Å². The number of sulfone groups is 1. The SMILES string of the molecule is CCCCCCCCn1c2c(c3cc(-c4ccc(S(C)(=O)=O)cc4)ccc31)CN(C(N)=O)CC2. The molecule has 2 heterocycles. The van der Waals surface area contributed by atoms with E-state index in [4.69, 9.17) is 5.73 Å². The fourth-order valence-electron chi connectivity index (χ4n) is 5.02. The smallest absolute Gasteiger partial charge is 0.315 e. The molecule has 2 aromatic carbocycles. The van der Waals surface area contributed by atoms with Gasteiger partial charge in [0.1, 0.15) is 0 Å². The van der Waals surface area contributed by atoms with Gasteiger partial charge >= 0.3 is 6.03 Å². The van der Waals surface area contributed by atoms with E-state index in [1.165, 1.54) is 55.1 Å². The predicted octanol–water partition coefficient (Wildman–Crippen LogP) is 5.51. The maximum atomic E-state index is 11.9. The van der Waals surface area contributed by atoms with Crippen LogP contribution in [0.1, 0.15) is 56.7 Å². The van der Waals surface area contributed by atoms with Crippen molar-refractivity contribution in [1.29, 1.82) is 0 Å². The number of hydrogen-bond donors (Lipinski definition) is 1. The van der Waals surface area contributed by atoms with Gasteiger partial charge < -0.3 is 15.2 Å². The highest BCUT2D eigenvalue weighted by atomic mass is 32.2. The summed E-state index contributed by atoms with van der Waals surface area (Å²) in [6, 6.07) is 13.1. The summed E-state index contributed by atoms with van der Waals surface area (Å²) in [5.74, 6) is 0. The second-order valence-electron chi connectivity index (χ2n) is 9.38. The summed E-state index contributed by atoms with van der Waals surface area (Å²) >= 11 is 0. The lowest BCUT2D eigenvalue weighted by molar-refractivity contribution is 0.202. The third kappa shape index (κ3) is 5.14. The number of urea groups is 1. The zero-order chi connectivity index (χ0) is 24.3. The Balaban J connectivity index is 1.67. The lowest BCUT2D eigenvalue weighted by atomic mass is 10.00. The van der Waals surface area contributed by atoms with E-state index in [0.717, 1.165) is 35.9 Å². The molecule has 0 bridgehead atoms. The highest BCUT2D eigenvalue weighted by molar-refractivity contribution is 7.90. The number of nitrogens with two attached hydrogens (primary N) is 1. The van der Waals surface area contributed by atoms with Gasteiger partial charge in [-0.2, -0.15) is 0 Å². The van der Waals surface area contributed by atoms with E-state index >= 15 is 0 Å². The van der Waals surface area contributed by atoms with Crippen LogP contribution in [0.5, 0.6) is 0 Å². The first-order valence-corrected chi connectivity index (χ1v) is 14.2. The van der Waals surface area contributed by atoms with Crippen LogP contribution in [0.4, 0.5) is 4.79 Å². The van der Waals surface area contributed by atoms with Gasteiger partial charge in [0.05, 0.1) is 4.90 Å². The molecule has 34 heavy (non-hydrogen) atoms. The average Bonchev–Trinajstić information content (AvgIpc) is 3.13. The minimum Gasteiger partial charge on any atom is -0.351 e. The first kappa shape index (κ1) is 24.3. The van der Waals surface area contributed by atoms with Crippen LogP contribution >= 0.6 is 0 Å². The van der Waals surface area contributed by atoms with Crippen LogP contribution in [0.25, 0.3) is 22.0 Å². The Kier molecular flexibility index (Phi) is 7.31. The van der Waals surface area contributed by atoms with Crippen molar-refractivity contribution >= 4 is 26.8 Å². The highest BCUT2D eigenvalue weighted by Gasteiger charge is 2.25. The van der Waals surface area contributed by atoms with Crippen LogP contribution in [0, 0.1) is 0 Å². The Hall–Kier alpha value is -2.80. The van der Waals surface area contributed by atoms with Gasteiger partial charge in [0, 0.05) is 54.5 Å². The van der Waals surface area contributed by atoms with Crippen molar-refractivity contribution in [3.8, 4) is 11.1 Å². The molecule has 7 heteroatoms.